The van der Waals surface area contributed by atoms with Crippen LogP contribution in [0.15, 0.2) is 0 Å². The topological polar surface area (TPSA) is 66.4 Å². The summed E-state index contributed by atoms with van der Waals surface area (Å²) < 4.78 is 30.6. The second kappa shape index (κ2) is 13.7. The van der Waals surface area contributed by atoms with Crippen LogP contribution in [0.2, 0.25) is 0 Å². The number of unbranched alkanes of at least 4 members (excludes halogenated alkanes) is 3. The summed E-state index contributed by atoms with van der Waals surface area (Å²) >= 11 is 0. The van der Waals surface area contributed by atoms with Crippen molar-refractivity contribution in [3.63, 3.8) is 0 Å². The molecular formula is C8H18NNa2O3S2+. The summed E-state index contributed by atoms with van der Waals surface area (Å²) in [6.45, 7) is 1.06. The Labute approximate surface area is 147 Å². The third kappa shape index (κ3) is 21.5. The third-order valence-electron chi connectivity index (χ3n) is 1.73. The molecule has 0 aromatic rings. The molecule has 0 saturated carbocycles. The minimum atomic E-state index is -4.07. The molecule has 86 valence electrons. The Kier molecular flexibility index (Phi) is 20.0. The molecule has 0 aliphatic rings. The van der Waals surface area contributed by atoms with E-state index in [0.29, 0.717) is 16.1 Å². The van der Waals surface area contributed by atoms with Crippen LogP contribution in [-0.4, -0.2) is 44.6 Å². The Hall–Kier alpha value is 2.25. The second-order valence-electron chi connectivity index (χ2n) is 3.45. The zero-order chi connectivity index (χ0) is 11.0. The van der Waals surface area contributed by atoms with E-state index in [9.17, 15) is 13.3 Å². The maximum atomic E-state index is 10.2. The van der Waals surface area contributed by atoms with E-state index in [1.54, 1.807) is 0 Å². The molecule has 0 spiro atoms. The first-order valence-corrected chi connectivity index (χ1v) is 7.58. The minimum Gasteiger partial charge on any atom is -0.746 e. The smallest absolute Gasteiger partial charge is 0.746 e. The summed E-state index contributed by atoms with van der Waals surface area (Å²) in [5.41, 5.74) is 0. The molecule has 0 aromatic heterocycles. The van der Waals surface area contributed by atoms with Gasteiger partial charge < -0.3 is 14.0 Å². The van der Waals surface area contributed by atoms with Gasteiger partial charge in [0.05, 0.1) is 9.05 Å². The Morgan fingerprint density at radius 3 is 2.00 bits per heavy atom. The van der Waals surface area contributed by atoms with Crippen LogP contribution in [0.1, 0.15) is 25.7 Å². The molecule has 4 nitrogen and oxygen atoms in total. The van der Waals surface area contributed by atoms with Crippen LogP contribution in [0.4, 0.5) is 0 Å². The quantitative estimate of drug-likeness (QED) is 0.266. The molecular weight excluding hydrogens is 268 g/mol. The van der Waals surface area contributed by atoms with Crippen molar-refractivity contribution in [2.45, 2.75) is 25.7 Å². The van der Waals surface area contributed by atoms with Gasteiger partial charge in [0.25, 0.3) is 0 Å². The number of rotatable bonds is 7. The second-order valence-corrected chi connectivity index (χ2v) is 6.84. The standard InChI is InChI=1S/C8H19NO3S2.2Na/c1-9(2)7-5-3-4-6-8-13-14(10,11)12;;/h3-8H2,1-2H3,(H-,10,11,12);;/q;2*+1/p-1. The molecule has 0 aromatic carbocycles. The van der Waals surface area contributed by atoms with Gasteiger partial charge in [0.1, 0.15) is 0 Å². The van der Waals surface area contributed by atoms with Crippen molar-refractivity contribution in [1.29, 1.82) is 0 Å². The van der Waals surface area contributed by atoms with Gasteiger partial charge in [-0.05, 0) is 33.5 Å². The molecule has 0 radical (unpaired) electrons. The monoisotopic (exact) mass is 286 g/mol. The molecule has 0 amide bonds. The Morgan fingerprint density at radius 1 is 1.06 bits per heavy atom. The largest absolute Gasteiger partial charge is 1.00 e. The van der Waals surface area contributed by atoms with Crippen LogP contribution < -0.4 is 59.1 Å². The van der Waals surface area contributed by atoms with Crippen molar-refractivity contribution in [2.24, 2.45) is 0 Å². The zero-order valence-corrected chi connectivity index (χ0v) is 16.4. The number of hydrogen-bond donors (Lipinski definition) is 0. The Balaban J connectivity index is -0.000000845. The molecule has 0 aliphatic heterocycles. The van der Waals surface area contributed by atoms with Crippen LogP contribution in [0.3, 0.4) is 0 Å². The van der Waals surface area contributed by atoms with Crippen molar-refractivity contribution in [3.05, 3.63) is 0 Å². The van der Waals surface area contributed by atoms with E-state index in [1.165, 1.54) is 0 Å². The van der Waals surface area contributed by atoms with Gasteiger partial charge in [0.2, 0.25) is 10.3 Å². The molecule has 16 heavy (non-hydrogen) atoms. The van der Waals surface area contributed by atoms with Crippen LogP contribution in [0.5, 0.6) is 0 Å². The van der Waals surface area contributed by atoms with Gasteiger partial charge in [-0.3, -0.25) is 0 Å². The molecule has 8 heteroatoms. The van der Waals surface area contributed by atoms with Crippen LogP contribution in [-0.2, 0) is 19.4 Å². The van der Waals surface area contributed by atoms with E-state index >= 15 is 0 Å². The fourth-order valence-electron chi connectivity index (χ4n) is 1.04. The van der Waals surface area contributed by atoms with Crippen LogP contribution in [0, 0.1) is 0 Å². The van der Waals surface area contributed by atoms with Gasteiger partial charge >= 0.3 is 59.1 Å². The first-order chi connectivity index (χ1) is 6.42. The molecule has 0 N–H and O–H groups in total. The summed E-state index contributed by atoms with van der Waals surface area (Å²) in [6, 6.07) is 0. The number of hydrogen-bond acceptors (Lipinski definition) is 4. The predicted octanol–water partition coefficient (Wildman–Crippen LogP) is -5.34. The van der Waals surface area contributed by atoms with E-state index in [0.717, 1.165) is 32.2 Å². The Morgan fingerprint density at radius 2 is 1.56 bits per heavy atom. The van der Waals surface area contributed by atoms with Gasteiger partial charge in [-0.1, -0.05) is 6.42 Å². The zero-order valence-electron chi connectivity index (χ0n) is 10.7. The maximum Gasteiger partial charge on any atom is 1.00 e. The minimum absolute atomic E-state index is 0. The molecule has 0 bridgehead atoms. The van der Waals surface area contributed by atoms with Crippen molar-refractivity contribution in [1.82, 2.24) is 4.90 Å². The van der Waals surface area contributed by atoms with E-state index in [2.05, 4.69) is 4.90 Å². The average Bonchev–Trinajstić information content (AvgIpc) is 2.00. The summed E-state index contributed by atoms with van der Waals surface area (Å²) in [5.74, 6) is 0.424. The van der Waals surface area contributed by atoms with Crippen molar-refractivity contribution >= 4 is 19.4 Å². The maximum absolute atomic E-state index is 10.2. The van der Waals surface area contributed by atoms with E-state index in [-0.39, 0.29) is 59.1 Å². The molecule has 0 aliphatic carbocycles. The van der Waals surface area contributed by atoms with E-state index in [4.69, 9.17) is 0 Å². The van der Waals surface area contributed by atoms with Crippen LogP contribution >= 0.6 is 0 Å². The van der Waals surface area contributed by atoms with Gasteiger partial charge in [0, 0.05) is 6.42 Å². The SMILES string of the molecule is CN(C)CCCCCC[S+]=S(=O)([O-])[O-].[Na+].[Na+]. The first-order valence-electron chi connectivity index (χ1n) is 4.67. The number of nitrogens with zero attached hydrogens (tertiary/aromatic N) is 1. The molecule has 0 unspecified atom stereocenters. The van der Waals surface area contributed by atoms with E-state index in [1.807, 2.05) is 14.1 Å². The molecule has 0 heterocycles. The molecule has 0 fully saturated rings. The van der Waals surface area contributed by atoms with Crippen molar-refractivity contribution < 1.29 is 72.4 Å². The molecule has 0 rings (SSSR count). The third-order valence-corrected chi connectivity index (χ3v) is 3.84. The average molecular weight is 286 g/mol. The van der Waals surface area contributed by atoms with Gasteiger partial charge in [-0.25, -0.2) is 4.21 Å². The van der Waals surface area contributed by atoms with Crippen molar-refractivity contribution in [2.75, 3.05) is 26.4 Å². The summed E-state index contributed by atoms with van der Waals surface area (Å²) in [4.78, 5) is 2.12. The van der Waals surface area contributed by atoms with E-state index < -0.39 is 9.05 Å². The predicted molar refractivity (Wildman–Crippen MR) is 59.0 cm³/mol. The van der Waals surface area contributed by atoms with Crippen LogP contribution in [0.25, 0.3) is 0 Å². The summed E-state index contributed by atoms with van der Waals surface area (Å²) in [6.07, 6.45) is 4.02. The van der Waals surface area contributed by atoms with Gasteiger partial charge in [-0.2, -0.15) is 0 Å². The first kappa shape index (κ1) is 23.4. The van der Waals surface area contributed by atoms with Gasteiger partial charge in [0.15, 0.2) is 5.75 Å². The summed E-state index contributed by atoms with van der Waals surface area (Å²) in [7, 11) is 0.488. The fraction of sp³-hybridized carbons (Fsp3) is 1.00. The molecule has 0 atom stereocenters. The fourth-order valence-corrected chi connectivity index (χ4v) is 2.54. The summed E-state index contributed by atoms with van der Waals surface area (Å²) in [5, 5.41) is 0. The Bertz CT molecular complexity index is 248. The normalized spacial score (nSPS) is 10.6. The van der Waals surface area contributed by atoms with Crippen molar-refractivity contribution in [3.8, 4) is 0 Å². The van der Waals surface area contributed by atoms with Gasteiger partial charge in [-0.15, -0.1) is 0 Å². The molecule has 0 saturated heterocycles.